The van der Waals surface area contributed by atoms with Gasteiger partial charge in [-0.05, 0) is 62.1 Å². The highest BCUT2D eigenvalue weighted by molar-refractivity contribution is 6.14. The first-order valence-electron chi connectivity index (χ1n) is 10.2. The first-order valence-corrected chi connectivity index (χ1v) is 10.2. The molecule has 30 heavy (non-hydrogen) atoms. The monoisotopic (exact) mass is 410 g/mol. The predicted molar refractivity (Wildman–Crippen MR) is 119 cm³/mol. The highest BCUT2D eigenvalue weighted by Gasteiger charge is 2.28. The molecule has 0 saturated heterocycles. The van der Waals surface area contributed by atoms with Crippen LogP contribution in [0.1, 0.15) is 42.5 Å². The third-order valence-electron chi connectivity index (χ3n) is 5.28. The van der Waals surface area contributed by atoms with Crippen LogP contribution in [-0.4, -0.2) is 43.6 Å². The maximum Gasteiger partial charge on any atom is 0.338 e. The lowest BCUT2D eigenvalue weighted by molar-refractivity contribution is 0.182. The molecule has 1 atom stereocenters. The van der Waals surface area contributed by atoms with Crippen molar-refractivity contribution >= 4 is 17.4 Å². The van der Waals surface area contributed by atoms with Gasteiger partial charge >= 0.3 is 6.03 Å². The zero-order chi connectivity index (χ0) is 21.8. The van der Waals surface area contributed by atoms with Crippen molar-refractivity contribution in [3.8, 4) is 11.5 Å². The number of carbonyl (C=O) groups excluding carboxylic acids is 1. The molecular weight excluding hydrogens is 380 g/mol. The van der Waals surface area contributed by atoms with E-state index >= 15 is 0 Å². The molecule has 160 valence electrons. The summed E-state index contributed by atoms with van der Waals surface area (Å²) in [5.74, 6) is 1.27. The molecule has 0 aromatic heterocycles. The Kier molecular flexibility index (Phi) is 6.50. The molecule has 0 bridgehead atoms. The molecule has 0 aliphatic carbocycles. The number of nitrogens with zero attached hydrogens (tertiary/aromatic N) is 2. The number of rotatable bonds is 5. The molecule has 2 aromatic carbocycles. The number of hydrogen-bond acceptors (Lipinski definition) is 5. The normalized spacial score (nSPS) is 15.7. The number of methoxy groups -OCH3 is 2. The molecule has 2 aromatic rings. The standard InChI is InChI=1S/C23H30N4O3/c1-6-9-25-23(28)27-15(3)11-17-12-20(29-4)21(30-5)13-18(17)22(26-27)16-7-8-19(24)14(2)10-16/h7-8,10,12-13,15H,6,9,11,24H2,1-5H3,(H,25,28)/t15-/m1/s1. The van der Waals surface area contributed by atoms with Gasteiger partial charge in [0, 0.05) is 23.4 Å². The Morgan fingerprint density at radius 2 is 1.93 bits per heavy atom. The van der Waals surface area contributed by atoms with E-state index in [1.54, 1.807) is 14.2 Å². The van der Waals surface area contributed by atoms with Crippen molar-refractivity contribution in [3.05, 3.63) is 52.6 Å². The van der Waals surface area contributed by atoms with Gasteiger partial charge in [0.25, 0.3) is 0 Å². The summed E-state index contributed by atoms with van der Waals surface area (Å²) in [4.78, 5) is 12.9. The molecule has 1 heterocycles. The summed E-state index contributed by atoms with van der Waals surface area (Å²) >= 11 is 0. The minimum atomic E-state index is -0.208. The zero-order valence-electron chi connectivity index (χ0n) is 18.3. The van der Waals surface area contributed by atoms with Gasteiger partial charge in [-0.1, -0.05) is 13.0 Å². The fraction of sp³-hybridized carbons (Fsp3) is 0.391. The van der Waals surface area contributed by atoms with Crippen molar-refractivity contribution in [2.24, 2.45) is 5.10 Å². The van der Waals surface area contributed by atoms with E-state index in [-0.39, 0.29) is 12.1 Å². The summed E-state index contributed by atoms with van der Waals surface area (Å²) in [6.07, 6.45) is 1.49. The van der Waals surface area contributed by atoms with E-state index in [4.69, 9.17) is 20.3 Å². The summed E-state index contributed by atoms with van der Waals surface area (Å²) in [6, 6.07) is 9.35. The van der Waals surface area contributed by atoms with E-state index in [0.29, 0.717) is 35.9 Å². The van der Waals surface area contributed by atoms with Crippen LogP contribution in [0.25, 0.3) is 0 Å². The highest BCUT2D eigenvalue weighted by Crippen LogP contribution is 2.34. The van der Waals surface area contributed by atoms with Crippen LogP contribution in [-0.2, 0) is 6.42 Å². The Balaban J connectivity index is 2.20. The van der Waals surface area contributed by atoms with E-state index in [1.165, 1.54) is 5.01 Å². The molecule has 3 rings (SSSR count). The number of amides is 2. The molecule has 0 fully saturated rings. The van der Waals surface area contributed by atoms with Crippen LogP contribution >= 0.6 is 0 Å². The maximum absolute atomic E-state index is 12.9. The van der Waals surface area contributed by atoms with E-state index < -0.39 is 0 Å². The topological polar surface area (TPSA) is 89.2 Å². The smallest absolute Gasteiger partial charge is 0.338 e. The minimum absolute atomic E-state index is 0.133. The summed E-state index contributed by atoms with van der Waals surface area (Å²) in [7, 11) is 3.23. The predicted octanol–water partition coefficient (Wildman–Crippen LogP) is 3.71. The number of nitrogens with one attached hydrogen (secondary N) is 1. The Hall–Kier alpha value is -3.22. The number of hydrazone groups is 1. The quantitative estimate of drug-likeness (QED) is 0.736. The van der Waals surface area contributed by atoms with Gasteiger partial charge < -0.3 is 20.5 Å². The molecule has 0 unspecified atom stereocenters. The first kappa shape index (κ1) is 21.5. The van der Waals surface area contributed by atoms with Crippen LogP contribution in [0.4, 0.5) is 10.5 Å². The molecule has 2 amide bonds. The lowest BCUT2D eigenvalue weighted by Gasteiger charge is -2.23. The van der Waals surface area contributed by atoms with Crippen molar-refractivity contribution in [3.63, 3.8) is 0 Å². The van der Waals surface area contributed by atoms with Crippen LogP contribution in [0.15, 0.2) is 35.4 Å². The molecule has 7 nitrogen and oxygen atoms in total. The summed E-state index contributed by atoms with van der Waals surface area (Å²) in [5, 5.41) is 9.30. The molecule has 0 spiro atoms. The van der Waals surface area contributed by atoms with Gasteiger partial charge in [-0.25, -0.2) is 9.80 Å². The molecule has 0 radical (unpaired) electrons. The lowest BCUT2D eigenvalue weighted by Crippen LogP contribution is -2.42. The number of nitrogens with two attached hydrogens (primary N) is 1. The molecule has 7 heteroatoms. The number of fused-ring (bicyclic) bond motifs is 1. The first-order chi connectivity index (χ1) is 14.4. The number of benzene rings is 2. The van der Waals surface area contributed by atoms with Crippen molar-refractivity contribution in [2.45, 2.75) is 39.7 Å². The number of aryl methyl sites for hydroxylation is 1. The van der Waals surface area contributed by atoms with Gasteiger partial charge in [-0.15, -0.1) is 0 Å². The van der Waals surface area contributed by atoms with Crippen LogP contribution in [0, 0.1) is 6.92 Å². The molecule has 0 saturated carbocycles. The average molecular weight is 411 g/mol. The maximum atomic E-state index is 12.9. The molecular formula is C23H30N4O3. The average Bonchev–Trinajstić information content (AvgIpc) is 2.88. The van der Waals surface area contributed by atoms with Gasteiger partial charge in [0.1, 0.15) is 0 Å². The van der Waals surface area contributed by atoms with Gasteiger partial charge in [0.15, 0.2) is 11.5 Å². The van der Waals surface area contributed by atoms with Crippen LogP contribution in [0.5, 0.6) is 11.5 Å². The Labute approximate surface area is 177 Å². The fourth-order valence-corrected chi connectivity index (χ4v) is 3.57. The highest BCUT2D eigenvalue weighted by atomic mass is 16.5. The summed E-state index contributed by atoms with van der Waals surface area (Å²) < 4.78 is 11.0. The summed E-state index contributed by atoms with van der Waals surface area (Å²) in [6.45, 7) is 6.57. The van der Waals surface area contributed by atoms with E-state index in [9.17, 15) is 4.79 Å². The second-order valence-electron chi connectivity index (χ2n) is 7.51. The number of hydrogen-bond donors (Lipinski definition) is 2. The minimum Gasteiger partial charge on any atom is -0.493 e. The van der Waals surface area contributed by atoms with Crippen molar-refractivity contribution in [1.29, 1.82) is 0 Å². The van der Waals surface area contributed by atoms with Crippen LogP contribution < -0.4 is 20.5 Å². The van der Waals surface area contributed by atoms with Crippen molar-refractivity contribution < 1.29 is 14.3 Å². The third kappa shape index (κ3) is 4.20. The number of ether oxygens (including phenoxy) is 2. The van der Waals surface area contributed by atoms with E-state index in [1.807, 2.05) is 51.1 Å². The van der Waals surface area contributed by atoms with Gasteiger partial charge in [-0.3, -0.25) is 0 Å². The van der Waals surface area contributed by atoms with E-state index in [2.05, 4.69) is 5.32 Å². The van der Waals surface area contributed by atoms with E-state index in [0.717, 1.165) is 28.7 Å². The third-order valence-corrected chi connectivity index (χ3v) is 5.28. The van der Waals surface area contributed by atoms with Crippen LogP contribution in [0.3, 0.4) is 0 Å². The summed E-state index contributed by atoms with van der Waals surface area (Å²) in [5.41, 5.74) is 11.2. The van der Waals surface area contributed by atoms with Crippen molar-refractivity contribution in [1.82, 2.24) is 10.3 Å². The van der Waals surface area contributed by atoms with Gasteiger partial charge in [0.2, 0.25) is 0 Å². The Morgan fingerprint density at radius 3 is 2.57 bits per heavy atom. The second-order valence-corrected chi connectivity index (χ2v) is 7.51. The SMILES string of the molecule is CCCNC(=O)N1N=C(c2ccc(N)c(C)c2)c2cc(OC)c(OC)cc2C[C@H]1C. The van der Waals surface area contributed by atoms with Crippen LogP contribution in [0.2, 0.25) is 0 Å². The van der Waals surface area contributed by atoms with Gasteiger partial charge in [-0.2, -0.15) is 5.10 Å². The van der Waals surface area contributed by atoms with Gasteiger partial charge in [0.05, 0.1) is 26.0 Å². The Bertz CT molecular complexity index is 971. The fourth-order valence-electron chi connectivity index (χ4n) is 3.57. The lowest BCUT2D eigenvalue weighted by atomic mass is 9.93. The number of carbonyl (C=O) groups is 1. The molecule has 1 aliphatic heterocycles. The second kappa shape index (κ2) is 9.07. The molecule has 1 aliphatic rings. The molecule has 3 N–H and O–H groups in total. The largest absolute Gasteiger partial charge is 0.493 e. The number of anilines is 1. The van der Waals surface area contributed by atoms with Crippen molar-refractivity contribution in [2.75, 3.05) is 26.5 Å². The number of urea groups is 1. The Morgan fingerprint density at radius 1 is 1.23 bits per heavy atom. The number of nitrogen functional groups attached to an aromatic ring is 1. The zero-order valence-corrected chi connectivity index (χ0v) is 18.3.